The molecule has 0 heterocycles. The summed E-state index contributed by atoms with van der Waals surface area (Å²) in [5.41, 5.74) is 5.35. The molecule has 0 amide bonds. The first-order valence-corrected chi connectivity index (χ1v) is 6.45. The molecule has 0 saturated carbocycles. The maximum Gasteiger partial charge on any atom is 0.328 e. The second-order valence-electron chi connectivity index (χ2n) is 5.20. The van der Waals surface area contributed by atoms with Gasteiger partial charge in [0.15, 0.2) is 0 Å². The van der Waals surface area contributed by atoms with Crippen LogP contribution in [0.4, 0.5) is 0 Å². The smallest absolute Gasteiger partial charge is 0.328 e. The zero-order valence-corrected chi connectivity index (χ0v) is 11.1. The van der Waals surface area contributed by atoms with Crippen molar-refractivity contribution in [3.63, 3.8) is 0 Å². The van der Waals surface area contributed by atoms with Crippen LogP contribution in [0.5, 0.6) is 0 Å². The van der Waals surface area contributed by atoms with Crippen LogP contribution in [0.15, 0.2) is 54.6 Å². The average molecular weight is 265 g/mol. The van der Waals surface area contributed by atoms with E-state index in [9.17, 15) is 9.90 Å². The Morgan fingerprint density at radius 2 is 1.45 bits per heavy atom. The van der Waals surface area contributed by atoms with Gasteiger partial charge in [-0.2, -0.15) is 0 Å². The zero-order valence-electron chi connectivity index (χ0n) is 11.1. The van der Waals surface area contributed by atoms with Gasteiger partial charge in [-0.05, 0) is 40.1 Å². The maximum atomic E-state index is 11.6. The molecule has 0 radical (unpaired) electrons. The molecule has 0 aliphatic carbocycles. The summed E-state index contributed by atoms with van der Waals surface area (Å²) in [5, 5.41) is 13.3. The lowest BCUT2D eigenvalue weighted by atomic mass is 9.84. The van der Waals surface area contributed by atoms with E-state index >= 15 is 0 Å². The summed E-state index contributed by atoms with van der Waals surface area (Å²) in [4.78, 5) is 11.6. The van der Waals surface area contributed by atoms with Gasteiger partial charge in [-0.25, -0.2) is 4.79 Å². The van der Waals surface area contributed by atoms with Crippen molar-refractivity contribution in [3.05, 3.63) is 60.2 Å². The molecule has 3 aromatic rings. The number of carbonyl (C=O) groups is 1. The van der Waals surface area contributed by atoms with Gasteiger partial charge in [0.1, 0.15) is 5.54 Å². The molecule has 3 nitrogen and oxygen atoms in total. The quantitative estimate of drug-likeness (QED) is 0.699. The molecule has 0 bridgehead atoms. The Kier molecular flexibility index (Phi) is 2.73. The largest absolute Gasteiger partial charge is 0.480 e. The van der Waals surface area contributed by atoms with Crippen molar-refractivity contribution in [1.29, 1.82) is 0 Å². The lowest BCUT2D eigenvalue weighted by Crippen LogP contribution is -2.42. The van der Waals surface area contributed by atoms with Crippen LogP contribution in [0.2, 0.25) is 0 Å². The maximum absolute atomic E-state index is 11.6. The van der Waals surface area contributed by atoms with Gasteiger partial charge in [0.25, 0.3) is 0 Å². The van der Waals surface area contributed by atoms with Crippen LogP contribution < -0.4 is 5.73 Å². The number of hydrogen-bond donors (Lipinski definition) is 2. The first-order valence-electron chi connectivity index (χ1n) is 6.45. The number of fused-ring (bicyclic) bond motifs is 2. The van der Waals surface area contributed by atoms with Crippen LogP contribution in [0, 0.1) is 0 Å². The molecular weight excluding hydrogens is 250 g/mol. The Hall–Kier alpha value is -2.39. The number of nitrogens with two attached hydrogens (primary N) is 1. The highest BCUT2D eigenvalue weighted by atomic mass is 16.4. The Bertz CT molecular complexity index is 767. The molecule has 20 heavy (non-hydrogen) atoms. The van der Waals surface area contributed by atoms with Crippen molar-refractivity contribution in [2.45, 2.75) is 12.5 Å². The Morgan fingerprint density at radius 1 is 1.00 bits per heavy atom. The van der Waals surface area contributed by atoms with Crippen LogP contribution in [-0.2, 0) is 10.3 Å². The lowest BCUT2D eigenvalue weighted by molar-refractivity contribution is -0.142. The highest BCUT2D eigenvalue weighted by Crippen LogP contribution is 2.34. The number of carboxylic acid groups (broad SMARTS) is 1. The lowest BCUT2D eigenvalue weighted by Gasteiger charge is -2.24. The third-order valence-electron chi connectivity index (χ3n) is 3.73. The molecule has 3 heteroatoms. The van der Waals surface area contributed by atoms with E-state index in [0.717, 1.165) is 21.5 Å². The van der Waals surface area contributed by atoms with Crippen molar-refractivity contribution in [1.82, 2.24) is 0 Å². The molecule has 0 spiro atoms. The minimum atomic E-state index is -1.43. The molecule has 0 fully saturated rings. The summed E-state index contributed by atoms with van der Waals surface area (Å²) in [5.74, 6) is -1.03. The highest BCUT2D eigenvalue weighted by Gasteiger charge is 2.33. The van der Waals surface area contributed by atoms with Crippen molar-refractivity contribution in [2.75, 3.05) is 0 Å². The third kappa shape index (κ3) is 1.75. The van der Waals surface area contributed by atoms with Gasteiger partial charge >= 0.3 is 5.97 Å². The van der Waals surface area contributed by atoms with Gasteiger partial charge in [-0.1, -0.05) is 48.5 Å². The molecule has 0 aromatic heterocycles. The van der Waals surface area contributed by atoms with Crippen LogP contribution in [0.3, 0.4) is 0 Å². The van der Waals surface area contributed by atoms with Crippen molar-refractivity contribution >= 4 is 27.5 Å². The van der Waals surface area contributed by atoms with Gasteiger partial charge in [0.2, 0.25) is 0 Å². The molecule has 0 saturated heterocycles. The van der Waals surface area contributed by atoms with E-state index in [4.69, 9.17) is 5.73 Å². The summed E-state index contributed by atoms with van der Waals surface area (Å²) in [6.45, 7) is 1.55. The van der Waals surface area contributed by atoms with Crippen LogP contribution in [-0.4, -0.2) is 11.1 Å². The number of aliphatic carboxylic acids is 1. The number of carboxylic acids is 1. The molecule has 100 valence electrons. The van der Waals surface area contributed by atoms with Crippen molar-refractivity contribution in [2.24, 2.45) is 5.73 Å². The van der Waals surface area contributed by atoms with Gasteiger partial charge in [-0.15, -0.1) is 0 Å². The van der Waals surface area contributed by atoms with E-state index in [1.54, 1.807) is 6.92 Å². The van der Waals surface area contributed by atoms with Crippen molar-refractivity contribution in [3.8, 4) is 0 Å². The van der Waals surface area contributed by atoms with E-state index in [-0.39, 0.29) is 0 Å². The Morgan fingerprint density at radius 3 is 1.90 bits per heavy atom. The summed E-state index contributed by atoms with van der Waals surface area (Å²) < 4.78 is 0. The SMILES string of the molecule is C[C@](N)(C(=O)O)c1c2ccccc2cc2ccccc12. The van der Waals surface area contributed by atoms with Gasteiger partial charge in [0.05, 0.1) is 0 Å². The topological polar surface area (TPSA) is 63.3 Å². The van der Waals surface area contributed by atoms with Crippen LogP contribution in [0.25, 0.3) is 21.5 Å². The fourth-order valence-corrected chi connectivity index (χ4v) is 2.68. The molecule has 0 aliphatic rings. The van der Waals surface area contributed by atoms with Gasteiger partial charge in [0, 0.05) is 0 Å². The van der Waals surface area contributed by atoms with E-state index in [1.807, 2.05) is 48.5 Å². The minimum absolute atomic E-state index is 0.665. The summed E-state index contributed by atoms with van der Waals surface area (Å²) in [7, 11) is 0. The molecule has 0 aliphatic heterocycles. The second kappa shape index (κ2) is 4.32. The minimum Gasteiger partial charge on any atom is -0.480 e. The molecule has 3 rings (SSSR count). The average Bonchev–Trinajstić information content (AvgIpc) is 2.44. The predicted molar refractivity (Wildman–Crippen MR) is 80.6 cm³/mol. The van der Waals surface area contributed by atoms with Crippen LogP contribution >= 0.6 is 0 Å². The zero-order chi connectivity index (χ0) is 14.3. The standard InChI is InChI=1S/C17H15NO2/c1-17(18,16(19)20)15-13-8-4-2-6-11(13)10-12-7-3-5-9-14(12)15/h2-10H,18H2,1H3,(H,19,20)/t17-/m1/s1. The monoisotopic (exact) mass is 265 g/mol. The normalized spacial score (nSPS) is 14.3. The first kappa shape index (κ1) is 12.6. The molecule has 3 N–H and O–H groups in total. The second-order valence-corrected chi connectivity index (χ2v) is 5.20. The van der Waals surface area contributed by atoms with Crippen LogP contribution in [0.1, 0.15) is 12.5 Å². The number of rotatable bonds is 2. The third-order valence-corrected chi connectivity index (χ3v) is 3.73. The summed E-state index contributed by atoms with van der Waals surface area (Å²) in [6, 6.07) is 17.5. The fraction of sp³-hybridized carbons (Fsp3) is 0.118. The molecule has 1 atom stereocenters. The molecule has 0 unspecified atom stereocenters. The molecule has 3 aromatic carbocycles. The predicted octanol–water partition coefficient (Wildman–Crippen LogP) is 3.25. The fourth-order valence-electron chi connectivity index (χ4n) is 2.68. The number of benzene rings is 3. The highest BCUT2D eigenvalue weighted by molar-refractivity contribution is 6.06. The molecular formula is C17H15NO2. The van der Waals surface area contributed by atoms with Gasteiger partial charge in [-0.3, -0.25) is 0 Å². The van der Waals surface area contributed by atoms with E-state index in [2.05, 4.69) is 6.07 Å². The Labute approximate surface area is 116 Å². The first-order chi connectivity index (χ1) is 9.51. The summed E-state index contributed by atoms with van der Waals surface area (Å²) >= 11 is 0. The van der Waals surface area contributed by atoms with Gasteiger partial charge < -0.3 is 10.8 Å². The Balaban J connectivity index is 2.55. The van der Waals surface area contributed by atoms with E-state index in [0.29, 0.717) is 5.56 Å². The van der Waals surface area contributed by atoms with E-state index in [1.165, 1.54) is 0 Å². The van der Waals surface area contributed by atoms with Crippen molar-refractivity contribution < 1.29 is 9.90 Å². The number of hydrogen-bond acceptors (Lipinski definition) is 2. The van der Waals surface area contributed by atoms with E-state index < -0.39 is 11.5 Å². The summed E-state index contributed by atoms with van der Waals surface area (Å²) in [6.07, 6.45) is 0.